The highest BCUT2D eigenvalue weighted by atomic mass is 79.9. The molecule has 0 bridgehead atoms. The van der Waals surface area contributed by atoms with Gasteiger partial charge in [-0.05, 0) is 71.1 Å². The van der Waals surface area contributed by atoms with E-state index in [1.165, 1.54) is 0 Å². The molecule has 0 amide bonds. The second kappa shape index (κ2) is 6.06. The minimum absolute atomic E-state index is 0.369. The number of halogens is 2. The Bertz CT molecular complexity index is 632. The number of rotatable bonds is 3. The zero-order valence-electron chi connectivity index (χ0n) is 11.7. The maximum absolute atomic E-state index is 9.78. The topological polar surface area (TPSA) is 32.3 Å². The number of aryl methyl sites for hydroxylation is 3. The van der Waals surface area contributed by atoms with Crippen molar-refractivity contribution in [1.29, 1.82) is 0 Å². The predicted octanol–water partition coefficient (Wildman–Crippen LogP) is 5.35. The number of anilines is 1. The van der Waals surface area contributed by atoms with Crippen LogP contribution in [0.2, 0.25) is 5.02 Å². The highest BCUT2D eigenvalue weighted by Gasteiger charge is 2.06. The van der Waals surface area contributed by atoms with Gasteiger partial charge in [-0.25, -0.2) is 0 Å². The van der Waals surface area contributed by atoms with Gasteiger partial charge in [0.1, 0.15) is 5.75 Å². The number of aromatic hydroxyl groups is 1. The zero-order chi connectivity index (χ0) is 14.9. The van der Waals surface area contributed by atoms with Gasteiger partial charge in [0.05, 0.1) is 5.69 Å². The fraction of sp³-hybridized carbons (Fsp3) is 0.250. The number of hydrogen-bond donors (Lipinski definition) is 2. The molecule has 4 heteroatoms. The Morgan fingerprint density at radius 3 is 2.25 bits per heavy atom. The third-order valence-electron chi connectivity index (χ3n) is 3.28. The van der Waals surface area contributed by atoms with Gasteiger partial charge in [-0.3, -0.25) is 0 Å². The number of nitrogens with one attached hydrogen (secondary N) is 1. The minimum Gasteiger partial charge on any atom is -0.507 e. The van der Waals surface area contributed by atoms with Crippen LogP contribution in [0, 0.1) is 20.8 Å². The summed E-state index contributed by atoms with van der Waals surface area (Å²) in [6.45, 7) is 6.47. The van der Waals surface area contributed by atoms with Crippen LogP contribution in [0.3, 0.4) is 0 Å². The normalized spacial score (nSPS) is 10.7. The summed E-state index contributed by atoms with van der Waals surface area (Å²) in [4.78, 5) is 0. The highest BCUT2D eigenvalue weighted by Crippen LogP contribution is 2.30. The van der Waals surface area contributed by atoms with E-state index < -0.39 is 0 Å². The lowest BCUT2D eigenvalue weighted by molar-refractivity contribution is 0.466. The van der Waals surface area contributed by atoms with Crippen molar-refractivity contribution in [1.82, 2.24) is 0 Å². The van der Waals surface area contributed by atoms with Crippen LogP contribution >= 0.6 is 27.5 Å². The van der Waals surface area contributed by atoms with E-state index in [0.717, 1.165) is 37.4 Å². The van der Waals surface area contributed by atoms with Crippen molar-refractivity contribution in [2.24, 2.45) is 0 Å². The molecule has 2 N–H and O–H groups in total. The standard InChI is InChI=1S/C16H17BrClNO/c1-9-6-13(17)15(7-14(9)18)19-8-12-4-10(2)16(20)11(3)5-12/h4-7,19-20H,8H2,1-3H3. The molecule has 0 radical (unpaired) electrons. The van der Waals surface area contributed by atoms with Crippen LogP contribution in [0.1, 0.15) is 22.3 Å². The first-order valence-corrected chi connectivity index (χ1v) is 7.54. The van der Waals surface area contributed by atoms with E-state index in [0.29, 0.717) is 12.3 Å². The summed E-state index contributed by atoms with van der Waals surface area (Å²) in [6.07, 6.45) is 0. The summed E-state index contributed by atoms with van der Waals surface area (Å²) in [5.74, 6) is 0.369. The number of benzene rings is 2. The molecule has 0 unspecified atom stereocenters. The monoisotopic (exact) mass is 353 g/mol. The van der Waals surface area contributed by atoms with Crippen molar-refractivity contribution >= 4 is 33.2 Å². The SMILES string of the molecule is Cc1cc(Br)c(NCc2cc(C)c(O)c(C)c2)cc1Cl. The summed E-state index contributed by atoms with van der Waals surface area (Å²) >= 11 is 9.68. The van der Waals surface area contributed by atoms with Gasteiger partial charge in [0.25, 0.3) is 0 Å². The van der Waals surface area contributed by atoms with E-state index in [9.17, 15) is 5.11 Å². The molecule has 2 rings (SSSR count). The third-order valence-corrected chi connectivity index (χ3v) is 4.35. The molecule has 0 fully saturated rings. The first-order chi connectivity index (χ1) is 9.38. The van der Waals surface area contributed by atoms with Crippen molar-refractivity contribution in [2.45, 2.75) is 27.3 Å². The van der Waals surface area contributed by atoms with E-state index in [4.69, 9.17) is 11.6 Å². The molecular weight excluding hydrogens is 338 g/mol. The van der Waals surface area contributed by atoms with Crippen LogP contribution in [0.4, 0.5) is 5.69 Å². The van der Waals surface area contributed by atoms with Gasteiger partial charge in [0, 0.05) is 16.0 Å². The van der Waals surface area contributed by atoms with Gasteiger partial charge in [0.2, 0.25) is 0 Å². The average Bonchev–Trinajstić information content (AvgIpc) is 2.38. The van der Waals surface area contributed by atoms with Crippen molar-refractivity contribution in [2.75, 3.05) is 5.32 Å². The first-order valence-electron chi connectivity index (χ1n) is 6.37. The van der Waals surface area contributed by atoms with E-state index >= 15 is 0 Å². The Balaban J connectivity index is 2.19. The lowest BCUT2D eigenvalue weighted by Crippen LogP contribution is -2.01. The molecule has 2 aromatic carbocycles. The van der Waals surface area contributed by atoms with Crippen molar-refractivity contribution in [3.63, 3.8) is 0 Å². The average molecular weight is 355 g/mol. The molecule has 20 heavy (non-hydrogen) atoms. The predicted molar refractivity (Wildman–Crippen MR) is 88.8 cm³/mol. The fourth-order valence-corrected chi connectivity index (χ4v) is 2.89. The molecule has 0 spiro atoms. The molecule has 0 atom stereocenters. The molecule has 0 aliphatic carbocycles. The fourth-order valence-electron chi connectivity index (χ4n) is 2.13. The Labute approximate surface area is 132 Å². The Hall–Kier alpha value is -1.19. The number of hydrogen-bond acceptors (Lipinski definition) is 2. The maximum atomic E-state index is 9.78. The summed E-state index contributed by atoms with van der Waals surface area (Å²) < 4.78 is 0.992. The molecule has 2 aromatic rings. The van der Waals surface area contributed by atoms with Gasteiger partial charge in [0.15, 0.2) is 0 Å². The van der Waals surface area contributed by atoms with Gasteiger partial charge in [-0.2, -0.15) is 0 Å². The summed E-state index contributed by atoms with van der Waals surface area (Å²) in [5, 5.41) is 13.9. The smallest absolute Gasteiger partial charge is 0.121 e. The summed E-state index contributed by atoms with van der Waals surface area (Å²) in [6, 6.07) is 7.89. The lowest BCUT2D eigenvalue weighted by atomic mass is 10.1. The molecule has 0 aliphatic heterocycles. The van der Waals surface area contributed by atoms with Gasteiger partial charge < -0.3 is 10.4 Å². The molecule has 0 aliphatic rings. The van der Waals surface area contributed by atoms with Gasteiger partial charge >= 0.3 is 0 Å². The van der Waals surface area contributed by atoms with E-state index in [1.807, 2.05) is 45.0 Å². The number of phenols is 1. The first kappa shape index (κ1) is 15.2. The zero-order valence-corrected chi connectivity index (χ0v) is 14.1. The Morgan fingerprint density at radius 1 is 1.05 bits per heavy atom. The second-order valence-corrected chi connectivity index (χ2v) is 6.27. The minimum atomic E-state index is 0.369. The van der Waals surface area contributed by atoms with Gasteiger partial charge in [-0.1, -0.05) is 23.7 Å². The Kier molecular flexibility index (Phi) is 4.61. The van der Waals surface area contributed by atoms with Crippen LogP contribution in [0.15, 0.2) is 28.7 Å². The lowest BCUT2D eigenvalue weighted by Gasteiger charge is -2.12. The van der Waals surface area contributed by atoms with Gasteiger partial charge in [-0.15, -0.1) is 0 Å². The largest absolute Gasteiger partial charge is 0.507 e. The molecule has 0 aromatic heterocycles. The molecule has 0 heterocycles. The van der Waals surface area contributed by atoms with Crippen LogP contribution < -0.4 is 5.32 Å². The highest BCUT2D eigenvalue weighted by molar-refractivity contribution is 9.10. The molecule has 0 saturated heterocycles. The quantitative estimate of drug-likeness (QED) is 0.779. The molecule has 2 nitrogen and oxygen atoms in total. The summed E-state index contributed by atoms with van der Waals surface area (Å²) in [5.41, 5.74) is 4.91. The number of phenolic OH excluding ortho intramolecular Hbond substituents is 1. The van der Waals surface area contributed by atoms with Crippen LogP contribution in [0.5, 0.6) is 5.75 Å². The van der Waals surface area contributed by atoms with Crippen LogP contribution in [0.25, 0.3) is 0 Å². The molecule has 106 valence electrons. The van der Waals surface area contributed by atoms with E-state index in [-0.39, 0.29) is 0 Å². The second-order valence-electron chi connectivity index (χ2n) is 5.01. The van der Waals surface area contributed by atoms with Crippen molar-refractivity contribution in [3.8, 4) is 5.75 Å². The maximum Gasteiger partial charge on any atom is 0.121 e. The van der Waals surface area contributed by atoms with Crippen molar-refractivity contribution in [3.05, 3.63) is 56.0 Å². The van der Waals surface area contributed by atoms with Crippen LogP contribution in [-0.4, -0.2) is 5.11 Å². The van der Waals surface area contributed by atoms with E-state index in [2.05, 4.69) is 21.2 Å². The van der Waals surface area contributed by atoms with Crippen molar-refractivity contribution < 1.29 is 5.11 Å². The molecule has 0 saturated carbocycles. The molecular formula is C16H17BrClNO. The van der Waals surface area contributed by atoms with E-state index in [1.54, 1.807) is 0 Å². The third kappa shape index (κ3) is 3.28. The Morgan fingerprint density at radius 2 is 1.65 bits per heavy atom. The summed E-state index contributed by atoms with van der Waals surface area (Å²) in [7, 11) is 0. The van der Waals surface area contributed by atoms with Crippen LogP contribution in [-0.2, 0) is 6.54 Å².